The van der Waals surface area contributed by atoms with E-state index in [0.717, 1.165) is 30.4 Å². The zero-order valence-electron chi connectivity index (χ0n) is 11.4. The molecule has 0 bridgehead atoms. The second kappa shape index (κ2) is 5.91. The molecule has 0 atom stereocenters. The lowest BCUT2D eigenvalue weighted by atomic mass is 9.85. The van der Waals surface area contributed by atoms with Crippen LogP contribution in [0.1, 0.15) is 36.5 Å². The topological polar surface area (TPSA) is 26.3 Å². The van der Waals surface area contributed by atoms with Crippen molar-refractivity contribution in [1.82, 2.24) is 0 Å². The first-order valence-electron chi connectivity index (χ1n) is 7.15. The average Bonchev–Trinajstić information content (AvgIpc) is 2.45. The van der Waals surface area contributed by atoms with Crippen molar-refractivity contribution in [2.75, 3.05) is 0 Å². The molecular weight excluding hydrogens is 248 g/mol. The van der Waals surface area contributed by atoms with Gasteiger partial charge in [-0.1, -0.05) is 67.1 Å². The summed E-state index contributed by atoms with van der Waals surface area (Å²) >= 11 is 0. The quantitative estimate of drug-likeness (QED) is 0.778. The smallest absolute Gasteiger partial charge is 0.309 e. The van der Waals surface area contributed by atoms with Gasteiger partial charge in [0.25, 0.3) is 0 Å². The predicted octanol–water partition coefficient (Wildman–Crippen LogP) is 4.12. The monoisotopic (exact) mass is 266 g/mol. The third-order valence-electron chi connectivity index (χ3n) is 3.88. The molecule has 20 heavy (non-hydrogen) atoms. The number of benzene rings is 2. The van der Waals surface area contributed by atoms with Crippen LogP contribution in [0, 0.1) is 5.92 Å². The Morgan fingerprint density at radius 2 is 1.40 bits per heavy atom. The Morgan fingerprint density at radius 1 is 0.900 bits per heavy atom. The molecule has 2 nitrogen and oxygen atoms in total. The second-order valence-corrected chi connectivity index (χ2v) is 5.27. The lowest BCUT2D eigenvalue weighted by Gasteiger charge is -2.27. The van der Waals surface area contributed by atoms with Crippen LogP contribution in [-0.4, -0.2) is 5.97 Å². The number of carbonyl (C=O) groups excluding carboxylic acids is 1. The fraction of sp³-hybridized carbons (Fsp3) is 0.278. The molecule has 0 heterocycles. The van der Waals surface area contributed by atoms with Gasteiger partial charge < -0.3 is 4.74 Å². The van der Waals surface area contributed by atoms with Crippen LogP contribution < -0.4 is 0 Å². The lowest BCUT2D eigenvalue weighted by molar-refractivity contribution is -0.155. The van der Waals surface area contributed by atoms with E-state index in [4.69, 9.17) is 4.74 Å². The third-order valence-corrected chi connectivity index (χ3v) is 3.88. The minimum Gasteiger partial charge on any atom is -0.452 e. The predicted molar refractivity (Wildman–Crippen MR) is 78.2 cm³/mol. The summed E-state index contributed by atoms with van der Waals surface area (Å²) in [6, 6.07) is 19.9. The molecule has 0 N–H and O–H groups in total. The Bertz CT molecular complexity index is 519. The molecule has 1 saturated carbocycles. The van der Waals surface area contributed by atoms with Crippen molar-refractivity contribution in [3.8, 4) is 0 Å². The molecular formula is C18H18O2. The number of ether oxygens (including phenoxy) is 1. The summed E-state index contributed by atoms with van der Waals surface area (Å²) in [5.74, 6) is 0.0406. The highest BCUT2D eigenvalue weighted by atomic mass is 16.5. The minimum absolute atomic E-state index is 0.0612. The maximum atomic E-state index is 12.2. The molecule has 1 fully saturated rings. The first-order chi connectivity index (χ1) is 9.84. The van der Waals surface area contributed by atoms with Crippen LogP contribution in [0.15, 0.2) is 60.7 Å². The average molecular weight is 266 g/mol. The first-order valence-corrected chi connectivity index (χ1v) is 7.15. The molecule has 0 aromatic heterocycles. The van der Waals surface area contributed by atoms with Gasteiger partial charge in [0.2, 0.25) is 0 Å². The molecule has 0 unspecified atom stereocenters. The van der Waals surface area contributed by atoms with E-state index in [2.05, 4.69) is 0 Å². The Labute approximate surface area is 119 Å². The summed E-state index contributed by atoms with van der Waals surface area (Å²) in [6.07, 6.45) is 2.77. The van der Waals surface area contributed by atoms with Crippen LogP contribution in [0.2, 0.25) is 0 Å². The number of esters is 1. The van der Waals surface area contributed by atoms with E-state index in [0.29, 0.717) is 0 Å². The number of carbonyl (C=O) groups is 1. The fourth-order valence-corrected chi connectivity index (χ4v) is 2.44. The van der Waals surface area contributed by atoms with Crippen LogP contribution in [0.4, 0.5) is 0 Å². The number of hydrogen-bond acceptors (Lipinski definition) is 2. The summed E-state index contributed by atoms with van der Waals surface area (Å²) in [4.78, 5) is 12.2. The maximum Gasteiger partial charge on any atom is 0.309 e. The van der Waals surface area contributed by atoms with E-state index in [1.165, 1.54) is 0 Å². The van der Waals surface area contributed by atoms with Crippen LogP contribution in [0.25, 0.3) is 0 Å². The van der Waals surface area contributed by atoms with Gasteiger partial charge in [-0.25, -0.2) is 0 Å². The van der Waals surface area contributed by atoms with E-state index >= 15 is 0 Å². The molecule has 2 aromatic carbocycles. The zero-order valence-corrected chi connectivity index (χ0v) is 11.4. The number of hydrogen-bond donors (Lipinski definition) is 0. The minimum atomic E-state index is -0.300. The van der Waals surface area contributed by atoms with Gasteiger partial charge in [0, 0.05) is 0 Å². The van der Waals surface area contributed by atoms with Gasteiger partial charge in [0.05, 0.1) is 5.92 Å². The Kier molecular flexibility index (Phi) is 3.82. The highest BCUT2D eigenvalue weighted by Crippen LogP contribution is 2.32. The van der Waals surface area contributed by atoms with Crippen molar-refractivity contribution in [3.05, 3.63) is 71.8 Å². The van der Waals surface area contributed by atoms with Crippen molar-refractivity contribution in [3.63, 3.8) is 0 Å². The van der Waals surface area contributed by atoms with Crippen molar-refractivity contribution in [2.24, 2.45) is 5.92 Å². The van der Waals surface area contributed by atoms with Gasteiger partial charge in [-0.2, -0.15) is 0 Å². The third kappa shape index (κ3) is 2.74. The van der Waals surface area contributed by atoms with Crippen molar-refractivity contribution < 1.29 is 9.53 Å². The van der Waals surface area contributed by atoms with E-state index < -0.39 is 0 Å². The molecule has 2 aromatic rings. The second-order valence-electron chi connectivity index (χ2n) is 5.27. The molecule has 102 valence electrons. The fourth-order valence-electron chi connectivity index (χ4n) is 2.44. The van der Waals surface area contributed by atoms with E-state index in [9.17, 15) is 4.79 Å². The first kappa shape index (κ1) is 12.9. The molecule has 1 aliphatic carbocycles. The van der Waals surface area contributed by atoms with Crippen molar-refractivity contribution >= 4 is 5.97 Å². The van der Waals surface area contributed by atoms with E-state index in [1.807, 2.05) is 60.7 Å². The molecule has 0 amide bonds. The summed E-state index contributed by atoms with van der Waals surface area (Å²) in [5, 5.41) is 0. The largest absolute Gasteiger partial charge is 0.452 e. The Hall–Kier alpha value is -2.09. The lowest BCUT2D eigenvalue weighted by Crippen LogP contribution is -2.26. The van der Waals surface area contributed by atoms with Crippen LogP contribution in [0.5, 0.6) is 0 Å². The maximum absolute atomic E-state index is 12.2. The number of rotatable bonds is 4. The van der Waals surface area contributed by atoms with Gasteiger partial charge in [-0.05, 0) is 24.0 Å². The highest BCUT2D eigenvalue weighted by Gasteiger charge is 2.29. The standard InChI is InChI=1S/C18H18O2/c19-18(16-12-7-13-16)20-17(14-8-3-1-4-9-14)15-10-5-2-6-11-15/h1-6,8-11,16-17H,7,12-13H2. The normalized spacial score (nSPS) is 14.8. The SMILES string of the molecule is O=C(OC(c1ccccc1)c1ccccc1)C1CCC1. The van der Waals surface area contributed by atoms with Gasteiger partial charge in [0.1, 0.15) is 0 Å². The van der Waals surface area contributed by atoms with Crippen molar-refractivity contribution in [1.29, 1.82) is 0 Å². The van der Waals surface area contributed by atoms with Crippen molar-refractivity contribution in [2.45, 2.75) is 25.4 Å². The van der Waals surface area contributed by atoms with Gasteiger partial charge >= 0.3 is 5.97 Å². The van der Waals surface area contributed by atoms with Gasteiger partial charge in [-0.15, -0.1) is 0 Å². The van der Waals surface area contributed by atoms with Gasteiger partial charge in [-0.3, -0.25) is 4.79 Å². The summed E-state index contributed by atoms with van der Waals surface area (Å²) in [6.45, 7) is 0. The Morgan fingerprint density at radius 3 is 1.80 bits per heavy atom. The molecule has 0 aliphatic heterocycles. The molecule has 0 spiro atoms. The summed E-state index contributed by atoms with van der Waals surface area (Å²) < 4.78 is 5.79. The molecule has 1 aliphatic rings. The molecule has 0 radical (unpaired) electrons. The summed E-state index contributed by atoms with van der Waals surface area (Å²) in [7, 11) is 0. The van der Waals surface area contributed by atoms with Gasteiger partial charge in [0.15, 0.2) is 6.10 Å². The Balaban J connectivity index is 1.85. The zero-order chi connectivity index (χ0) is 13.8. The van der Waals surface area contributed by atoms with Crippen LogP contribution in [-0.2, 0) is 9.53 Å². The molecule has 3 rings (SSSR count). The van der Waals surface area contributed by atoms with Crippen LogP contribution in [0.3, 0.4) is 0 Å². The highest BCUT2D eigenvalue weighted by molar-refractivity contribution is 5.74. The van der Waals surface area contributed by atoms with Crippen LogP contribution >= 0.6 is 0 Å². The molecule has 0 saturated heterocycles. The molecule has 2 heteroatoms. The van der Waals surface area contributed by atoms with E-state index in [1.54, 1.807) is 0 Å². The summed E-state index contributed by atoms with van der Waals surface area (Å²) in [5.41, 5.74) is 2.04. The van der Waals surface area contributed by atoms with E-state index in [-0.39, 0.29) is 18.0 Å².